The highest BCUT2D eigenvalue weighted by molar-refractivity contribution is 5.91. The number of piperidine rings is 1. The molecule has 1 aliphatic carbocycles. The number of nitrogens with zero attached hydrogens (tertiary/aromatic N) is 3. The molecule has 126 valence electrons. The van der Waals surface area contributed by atoms with E-state index in [1.54, 1.807) is 0 Å². The van der Waals surface area contributed by atoms with Gasteiger partial charge in [0.25, 0.3) is 0 Å². The molecular formula is C19H24N4O. The lowest BCUT2D eigenvalue weighted by Crippen LogP contribution is -2.37. The van der Waals surface area contributed by atoms with Gasteiger partial charge in [-0.3, -0.25) is 9.69 Å². The fourth-order valence-electron chi connectivity index (χ4n) is 3.34. The van der Waals surface area contributed by atoms with E-state index >= 15 is 0 Å². The predicted octanol–water partition coefficient (Wildman–Crippen LogP) is 3.17. The Morgan fingerprint density at radius 3 is 2.58 bits per heavy atom. The standard InChI is InChI=1S/C19H24N4O/c24-19(14-22-11-5-2-6-12-22)20-18-13-17(15-9-10-15)21-23(18)16-7-3-1-4-8-16/h1,3-4,7-8,13,15H,2,5-6,9-12,14H2,(H,20,24). The molecule has 0 bridgehead atoms. The van der Waals surface area contributed by atoms with Gasteiger partial charge in [-0.05, 0) is 50.9 Å². The monoisotopic (exact) mass is 324 g/mol. The first-order chi connectivity index (χ1) is 11.8. The summed E-state index contributed by atoms with van der Waals surface area (Å²) in [5.41, 5.74) is 2.07. The molecule has 24 heavy (non-hydrogen) atoms. The van der Waals surface area contributed by atoms with E-state index in [1.165, 1.54) is 32.1 Å². The van der Waals surface area contributed by atoms with Crippen LogP contribution >= 0.6 is 0 Å². The Labute approximate surface area is 142 Å². The number of benzene rings is 1. The Morgan fingerprint density at radius 2 is 1.88 bits per heavy atom. The Bertz CT molecular complexity index is 699. The van der Waals surface area contributed by atoms with Gasteiger partial charge in [-0.15, -0.1) is 0 Å². The molecule has 2 aromatic rings. The maximum absolute atomic E-state index is 12.5. The second-order valence-electron chi connectivity index (χ2n) is 6.86. The second-order valence-corrected chi connectivity index (χ2v) is 6.86. The zero-order valence-corrected chi connectivity index (χ0v) is 13.9. The molecule has 0 atom stereocenters. The first-order valence-corrected chi connectivity index (χ1v) is 8.97. The fraction of sp³-hybridized carbons (Fsp3) is 0.474. The number of carbonyl (C=O) groups excluding carboxylic acids is 1. The third-order valence-corrected chi connectivity index (χ3v) is 4.81. The van der Waals surface area contributed by atoms with Crippen LogP contribution in [-0.4, -0.2) is 40.2 Å². The summed E-state index contributed by atoms with van der Waals surface area (Å²) in [6, 6.07) is 12.1. The Kier molecular flexibility index (Phi) is 4.34. The summed E-state index contributed by atoms with van der Waals surface area (Å²) in [4.78, 5) is 14.7. The van der Waals surface area contributed by atoms with Crippen molar-refractivity contribution in [3.05, 3.63) is 42.1 Å². The molecule has 1 aliphatic heterocycles. The zero-order chi connectivity index (χ0) is 16.4. The number of carbonyl (C=O) groups is 1. The van der Waals surface area contributed by atoms with E-state index in [-0.39, 0.29) is 5.91 Å². The average Bonchev–Trinajstić information content (AvgIpc) is 3.38. The van der Waals surface area contributed by atoms with Crippen molar-refractivity contribution in [1.29, 1.82) is 0 Å². The average molecular weight is 324 g/mol. The number of nitrogens with one attached hydrogen (secondary N) is 1. The zero-order valence-electron chi connectivity index (χ0n) is 13.9. The minimum Gasteiger partial charge on any atom is -0.309 e. The van der Waals surface area contributed by atoms with E-state index in [2.05, 4.69) is 10.2 Å². The van der Waals surface area contributed by atoms with E-state index in [1.807, 2.05) is 41.1 Å². The molecule has 2 heterocycles. The molecule has 5 heteroatoms. The first-order valence-electron chi connectivity index (χ1n) is 8.97. The molecule has 1 aromatic carbocycles. The molecule has 1 saturated heterocycles. The van der Waals surface area contributed by atoms with Crippen LogP contribution in [0, 0.1) is 0 Å². The highest BCUT2D eigenvalue weighted by Gasteiger charge is 2.28. The molecule has 1 saturated carbocycles. The van der Waals surface area contributed by atoms with Crippen LogP contribution in [0.5, 0.6) is 0 Å². The van der Waals surface area contributed by atoms with Gasteiger partial charge in [-0.2, -0.15) is 5.10 Å². The number of hydrogen-bond donors (Lipinski definition) is 1. The highest BCUT2D eigenvalue weighted by Crippen LogP contribution is 2.40. The Balaban J connectivity index is 1.51. The molecule has 1 aromatic heterocycles. The van der Waals surface area contributed by atoms with Gasteiger partial charge in [-0.25, -0.2) is 4.68 Å². The van der Waals surface area contributed by atoms with Crippen molar-refractivity contribution in [2.45, 2.75) is 38.0 Å². The largest absolute Gasteiger partial charge is 0.309 e. The molecule has 0 spiro atoms. The summed E-state index contributed by atoms with van der Waals surface area (Å²) in [6.07, 6.45) is 6.08. The molecule has 4 rings (SSSR count). The van der Waals surface area contributed by atoms with Gasteiger partial charge >= 0.3 is 0 Å². The van der Waals surface area contributed by atoms with Crippen LogP contribution in [0.25, 0.3) is 5.69 Å². The highest BCUT2D eigenvalue weighted by atomic mass is 16.2. The number of anilines is 1. The molecule has 5 nitrogen and oxygen atoms in total. The van der Waals surface area contributed by atoms with Crippen molar-refractivity contribution in [2.24, 2.45) is 0 Å². The third kappa shape index (κ3) is 3.51. The van der Waals surface area contributed by atoms with Gasteiger partial charge in [0.05, 0.1) is 17.9 Å². The Hall–Kier alpha value is -2.14. The molecule has 2 fully saturated rings. The van der Waals surface area contributed by atoms with Gasteiger partial charge in [0.15, 0.2) is 0 Å². The normalized spacial score (nSPS) is 18.5. The van der Waals surface area contributed by atoms with Crippen LogP contribution in [0.1, 0.15) is 43.7 Å². The molecule has 2 aliphatic rings. The van der Waals surface area contributed by atoms with Gasteiger partial charge in [0.1, 0.15) is 5.82 Å². The lowest BCUT2D eigenvalue weighted by Gasteiger charge is -2.25. The van der Waals surface area contributed by atoms with Gasteiger partial charge < -0.3 is 5.32 Å². The van der Waals surface area contributed by atoms with E-state index in [4.69, 9.17) is 5.10 Å². The maximum atomic E-state index is 12.5. The number of rotatable bonds is 5. The molecule has 1 amide bonds. The van der Waals surface area contributed by atoms with Crippen LogP contribution in [0.2, 0.25) is 0 Å². The summed E-state index contributed by atoms with van der Waals surface area (Å²) in [5, 5.41) is 7.81. The minimum atomic E-state index is 0.0522. The number of para-hydroxylation sites is 1. The van der Waals surface area contributed by atoms with Crippen molar-refractivity contribution in [3.63, 3.8) is 0 Å². The number of likely N-dealkylation sites (tertiary alicyclic amines) is 1. The number of amides is 1. The quantitative estimate of drug-likeness (QED) is 0.919. The summed E-state index contributed by atoms with van der Waals surface area (Å²) < 4.78 is 1.86. The van der Waals surface area contributed by atoms with E-state index < -0.39 is 0 Å². The minimum absolute atomic E-state index is 0.0522. The van der Waals surface area contributed by atoms with E-state index in [0.29, 0.717) is 12.5 Å². The third-order valence-electron chi connectivity index (χ3n) is 4.81. The van der Waals surface area contributed by atoms with Crippen LogP contribution in [-0.2, 0) is 4.79 Å². The van der Waals surface area contributed by atoms with Crippen molar-refractivity contribution in [3.8, 4) is 5.69 Å². The van der Waals surface area contributed by atoms with Crippen molar-refractivity contribution >= 4 is 11.7 Å². The maximum Gasteiger partial charge on any atom is 0.239 e. The van der Waals surface area contributed by atoms with E-state index in [9.17, 15) is 4.79 Å². The van der Waals surface area contributed by atoms with Crippen LogP contribution in [0.4, 0.5) is 5.82 Å². The first kappa shape index (κ1) is 15.4. The number of aromatic nitrogens is 2. The van der Waals surface area contributed by atoms with Crippen molar-refractivity contribution in [1.82, 2.24) is 14.7 Å². The van der Waals surface area contributed by atoms with E-state index in [0.717, 1.165) is 30.3 Å². The lowest BCUT2D eigenvalue weighted by molar-refractivity contribution is -0.117. The van der Waals surface area contributed by atoms with Crippen LogP contribution in [0.3, 0.4) is 0 Å². The smallest absolute Gasteiger partial charge is 0.239 e. The number of hydrogen-bond acceptors (Lipinski definition) is 3. The van der Waals surface area contributed by atoms with Crippen LogP contribution < -0.4 is 5.32 Å². The van der Waals surface area contributed by atoms with Gasteiger partial charge in [0.2, 0.25) is 5.91 Å². The van der Waals surface area contributed by atoms with Crippen molar-refractivity contribution in [2.75, 3.05) is 25.0 Å². The summed E-state index contributed by atoms with van der Waals surface area (Å²) in [7, 11) is 0. The fourth-order valence-corrected chi connectivity index (χ4v) is 3.34. The van der Waals surface area contributed by atoms with Crippen molar-refractivity contribution < 1.29 is 4.79 Å². The predicted molar refractivity (Wildman–Crippen MR) is 94.5 cm³/mol. The Morgan fingerprint density at radius 1 is 1.12 bits per heavy atom. The SMILES string of the molecule is O=C(CN1CCCCC1)Nc1cc(C2CC2)nn1-c1ccccc1. The van der Waals surface area contributed by atoms with Crippen LogP contribution in [0.15, 0.2) is 36.4 Å². The topological polar surface area (TPSA) is 50.2 Å². The second kappa shape index (κ2) is 6.77. The lowest BCUT2D eigenvalue weighted by atomic mass is 10.1. The van der Waals surface area contributed by atoms with Gasteiger partial charge in [-0.1, -0.05) is 24.6 Å². The molecule has 0 unspecified atom stereocenters. The molecule has 0 radical (unpaired) electrons. The molecular weight excluding hydrogens is 300 g/mol. The molecule has 1 N–H and O–H groups in total. The summed E-state index contributed by atoms with van der Waals surface area (Å²) in [5.74, 6) is 1.40. The summed E-state index contributed by atoms with van der Waals surface area (Å²) in [6.45, 7) is 2.52. The summed E-state index contributed by atoms with van der Waals surface area (Å²) >= 11 is 0. The van der Waals surface area contributed by atoms with Gasteiger partial charge in [0, 0.05) is 12.0 Å².